The normalized spacial score (nSPS) is 12.5. The van der Waals surface area contributed by atoms with E-state index in [4.69, 9.17) is 5.73 Å². The van der Waals surface area contributed by atoms with Gasteiger partial charge in [0, 0.05) is 23.8 Å². The minimum atomic E-state index is -0.0327. The summed E-state index contributed by atoms with van der Waals surface area (Å²) in [6.45, 7) is 2.13. The Balaban J connectivity index is 1.97. The van der Waals surface area contributed by atoms with Crippen molar-refractivity contribution in [2.75, 3.05) is 0 Å². The van der Waals surface area contributed by atoms with E-state index in [-0.39, 0.29) is 6.04 Å². The Kier molecular flexibility index (Phi) is 3.48. The Labute approximate surface area is 119 Å². The highest BCUT2D eigenvalue weighted by molar-refractivity contribution is 5.85. The number of rotatable bonds is 3. The van der Waals surface area contributed by atoms with Gasteiger partial charge in [-0.1, -0.05) is 48.5 Å². The van der Waals surface area contributed by atoms with Crippen molar-refractivity contribution in [2.45, 2.75) is 19.4 Å². The van der Waals surface area contributed by atoms with Gasteiger partial charge in [0.25, 0.3) is 0 Å². The molecule has 0 fully saturated rings. The van der Waals surface area contributed by atoms with Crippen LogP contribution in [-0.2, 0) is 6.42 Å². The molecule has 2 heteroatoms. The minimum absolute atomic E-state index is 0.0327. The predicted octanol–water partition coefficient (Wildman–Crippen LogP) is 3.79. The van der Waals surface area contributed by atoms with E-state index in [0.29, 0.717) is 0 Å². The number of aryl methyl sites for hydroxylation is 1. The lowest BCUT2D eigenvalue weighted by Crippen LogP contribution is -2.14. The Morgan fingerprint density at radius 2 is 1.75 bits per heavy atom. The topological polar surface area (TPSA) is 38.9 Å². The van der Waals surface area contributed by atoms with Gasteiger partial charge in [-0.15, -0.1) is 0 Å². The van der Waals surface area contributed by atoms with Crippen molar-refractivity contribution in [3.63, 3.8) is 0 Å². The smallest absolute Gasteiger partial charge is 0.0357 e. The van der Waals surface area contributed by atoms with Crippen LogP contribution in [0, 0.1) is 6.92 Å². The van der Waals surface area contributed by atoms with E-state index in [2.05, 4.69) is 48.3 Å². The molecular formula is C18H18N2. The molecule has 20 heavy (non-hydrogen) atoms. The Morgan fingerprint density at radius 1 is 1.00 bits per heavy atom. The lowest BCUT2D eigenvalue weighted by molar-refractivity contribution is 0.721. The number of hydrogen-bond acceptors (Lipinski definition) is 2. The number of nitrogens with two attached hydrogens (primary N) is 1. The predicted molar refractivity (Wildman–Crippen MR) is 83.6 cm³/mol. The maximum atomic E-state index is 6.42. The second kappa shape index (κ2) is 5.43. The van der Waals surface area contributed by atoms with Gasteiger partial charge in [-0.2, -0.15) is 0 Å². The summed E-state index contributed by atoms with van der Waals surface area (Å²) in [4.78, 5) is 4.32. The minimum Gasteiger partial charge on any atom is -0.324 e. The second-order valence-corrected chi connectivity index (χ2v) is 5.19. The lowest BCUT2D eigenvalue weighted by atomic mass is 9.95. The maximum Gasteiger partial charge on any atom is 0.0357 e. The van der Waals surface area contributed by atoms with E-state index < -0.39 is 0 Å². The Hall–Kier alpha value is -2.19. The van der Waals surface area contributed by atoms with Crippen molar-refractivity contribution in [3.8, 4) is 0 Å². The number of fused-ring (bicyclic) bond motifs is 1. The molecule has 100 valence electrons. The Morgan fingerprint density at radius 3 is 2.60 bits per heavy atom. The fraction of sp³-hybridized carbons (Fsp3) is 0.167. The van der Waals surface area contributed by atoms with E-state index in [1.165, 1.54) is 16.5 Å². The maximum absolute atomic E-state index is 6.42. The summed E-state index contributed by atoms with van der Waals surface area (Å²) in [5, 5.41) is 2.34. The first-order valence-corrected chi connectivity index (χ1v) is 6.88. The van der Waals surface area contributed by atoms with Crippen LogP contribution in [0.25, 0.3) is 10.8 Å². The van der Waals surface area contributed by atoms with Gasteiger partial charge in [0.15, 0.2) is 0 Å². The molecule has 2 N–H and O–H groups in total. The van der Waals surface area contributed by atoms with Crippen molar-refractivity contribution in [2.24, 2.45) is 5.73 Å². The van der Waals surface area contributed by atoms with Crippen LogP contribution in [0.1, 0.15) is 22.7 Å². The third-order valence-corrected chi connectivity index (χ3v) is 3.80. The number of benzene rings is 2. The second-order valence-electron chi connectivity index (χ2n) is 5.19. The van der Waals surface area contributed by atoms with Crippen molar-refractivity contribution >= 4 is 10.8 Å². The van der Waals surface area contributed by atoms with E-state index in [1.54, 1.807) is 0 Å². The zero-order chi connectivity index (χ0) is 13.9. The fourth-order valence-electron chi connectivity index (χ4n) is 2.62. The van der Waals surface area contributed by atoms with Crippen LogP contribution < -0.4 is 5.73 Å². The first-order chi connectivity index (χ1) is 9.75. The highest BCUT2D eigenvalue weighted by Crippen LogP contribution is 2.24. The molecule has 1 unspecified atom stereocenters. The van der Waals surface area contributed by atoms with Crippen LogP contribution in [0.5, 0.6) is 0 Å². The molecule has 1 atom stereocenters. The number of aromatic nitrogens is 1. The monoisotopic (exact) mass is 262 g/mol. The summed E-state index contributed by atoms with van der Waals surface area (Å²) >= 11 is 0. The summed E-state index contributed by atoms with van der Waals surface area (Å²) in [5.41, 5.74) is 10.1. The molecule has 0 aliphatic carbocycles. The fourth-order valence-corrected chi connectivity index (χ4v) is 2.62. The average molecular weight is 262 g/mol. The molecule has 1 aromatic heterocycles. The van der Waals surface area contributed by atoms with Gasteiger partial charge in [0.1, 0.15) is 0 Å². The van der Waals surface area contributed by atoms with Crippen LogP contribution in [0.2, 0.25) is 0 Å². The van der Waals surface area contributed by atoms with Crippen molar-refractivity contribution < 1.29 is 0 Å². The highest BCUT2D eigenvalue weighted by Gasteiger charge is 2.12. The van der Waals surface area contributed by atoms with Gasteiger partial charge < -0.3 is 5.73 Å². The summed E-state index contributed by atoms with van der Waals surface area (Å²) in [7, 11) is 0. The van der Waals surface area contributed by atoms with Gasteiger partial charge in [-0.3, -0.25) is 4.98 Å². The van der Waals surface area contributed by atoms with E-state index >= 15 is 0 Å². The molecule has 2 nitrogen and oxygen atoms in total. The first-order valence-electron chi connectivity index (χ1n) is 6.88. The molecule has 2 aromatic carbocycles. The molecule has 0 bridgehead atoms. The molecule has 0 saturated heterocycles. The zero-order valence-electron chi connectivity index (χ0n) is 11.6. The molecule has 3 aromatic rings. The van der Waals surface area contributed by atoms with Crippen molar-refractivity contribution in [1.82, 2.24) is 4.98 Å². The van der Waals surface area contributed by atoms with Crippen LogP contribution in [0.4, 0.5) is 0 Å². The molecule has 0 saturated carbocycles. The van der Waals surface area contributed by atoms with Crippen LogP contribution >= 0.6 is 0 Å². The van der Waals surface area contributed by atoms with E-state index in [0.717, 1.165) is 17.4 Å². The summed E-state index contributed by atoms with van der Waals surface area (Å²) < 4.78 is 0. The standard InChI is InChI=1S/C18H18N2/c1-13-6-2-3-7-14(13)10-18(19)17-12-20-11-15-8-4-5-9-16(15)17/h2-9,11-12,18H,10,19H2,1H3. The molecule has 1 heterocycles. The summed E-state index contributed by atoms with van der Waals surface area (Å²) in [6, 6.07) is 16.6. The molecule has 0 aliphatic heterocycles. The lowest BCUT2D eigenvalue weighted by Gasteiger charge is -2.15. The zero-order valence-corrected chi connectivity index (χ0v) is 11.6. The molecule has 0 amide bonds. The van der Waals surface area contributed by atoms with Gasteiger partial charge in [-0.05, 0) is 35.4 Å². The Bertz CT molecular complexity index is 729. The quantitative estimate of drug-likeness (QED) is 0.780. The summed E-state index contributed by atoms with van der Waals surface area (Å²) in [5.74, 6) is 0. The molecule has 0 spiro atoms. The van der Waals surface area contributed by atoms with Crippen LogP contribution in [0.3, 0.4) is 0 Å². The van der Waals surface area contributed by atoms with Crippen LogP contribution in [-0.4, -0.2) is 4.98 Å². The molecular weight excluding hydrogens is 244 g/mol. The summed E-state index contributed by atoms with van der Waals surface area (Å²) in [6.07, 6.45) is 4.62. The number of nitrogens with zero attached hydrogens (tertiary/aromatic N) is 1. The van der Waals surface area contributed by atoms with Crippen LogP contribution in [0.15, 0.2) is 60.9 Å². The highest BCUT2D eigenvalue weighted by atomic mass is 14.7. The van der Waals surface area contributed by atoms with Crippen molar-refractivity contribution in [1.29, 1.82) is 0 Å². The van der Waals surface area contributed by atoms with E-state index in [1.807, 2.05) is 24.5 Å². The van der Waals surface area contributed by atoms with E-state index in [9.17, 15) is 0 Å². The molecule has 0 aliphatic rings. The number of hydrogen-bond donors (Lipinski definition) is 1. The van der Waals surface area contributed by atoms with Gasteiger partial charge >= 0.3 is 0 Å². The molecule has 0 radical (unpaired) electrons. The largest absolute Gasteiger partial charge is 0.324 e. The average Bonchev–Trinajstić information content (AvgIpc) is 2.49. The third-order valence-electron chi connectivity index (χ3n) is 3.80. The number of pyridine rings is 1. The first kappa shape index (κ1) is 12.8. The van der Waals surface area contributed by atoms with Gasteiger partial charge in [-0.25, -0.2) is 0 Å². The SMILES string of the molecule is Cc1ccccc1CC(N)c1cncc2ccccc12. The molecule has 3 rings (SSSR count). The van der Waals surface area contributed by atoms with Gasteiger partial charge in [0.2, 0.25) is 0 Å². The third kappa shape index (κ3) is 2.43. The van der Waals surface area contributed by atoms with Gasteiger partial charge in [0.05, 0.1) is 0 Å². The van der Waals surface area contributed by atoms with Crippen molar-refractivity contribution in [3.05, 3.63) is 77.6 Å².